The highest BCUT2D eigenvalue weighted by molar-refractivity contribution is 5.95. The summed E-state index contributed by atoms with van der Waals surface area (Å²) in [6.07, 6.45) is 3.21. The molecule has 61 heavy (non-hydrogen) atoms. The topological polar surface area (TPSA) is 189 Å². The van der Waals surface area contributed by atoms with E-state index in [4.69, 9.17) is 9.47 Å². The summed E-state index contributed by atoms with van der Waals surface area (Å²) in [5, 5.41) is 18.8. The Labute approximate surface area is 363 Å². The number of nitrogens with one attached hydrogen (secondary N) is 3. The molecule has 1 heterocycles. The molecule has 5 amide bonds. The Balaban J connectivity index is 2.34. The SMILES string of the molecule is C/C(=C\[C@H](C(C)C)N(C)C(=O)[C@@H](NC(=O)[C@@H](N(C)C(=O)OC(C)(C)C)C(C)(C)c1cn(C)c2ccccc12)C(C)(C)C)C(=O)NCCCCC(NC(=O)OC(C)(C)C)C(=O)O. The predicted molar refractivity (Wildman–Crippen MR) is 238 cm³/mol. The van der Waals surface area contributed by atoms with Crippen LogP contribution >= 0.6 is 0 Å². The minimum Gasteiger partial charge on any atom is -0.480 e. The molecule has 2 rings (SSSR count). The molecule has 0 bridgehead atoms. The van der Waals surface area contributed by atoms with E-state index in [0.717, 1.165) is 16.5 Å². The number of carbonyl (C=O) groups excluding carboxylic acids is 5. The van der Waals surface area contributed by atoms with Gasteiger partial charge in [0.15, 0.2) is 0 Å². The van der Waals surface area contributed by atoms with Crippen molar-refractivity contribution in [2.75, 3.05) is 20.6 Å². The van der Waals surface area contributed by atoms with Gasteiger partial charge in [0, 0.05) is 55.8 Å². The second kappa shape index (κ2) is 20.7. The van der Waals surface area contributed by atoms with E-state index in [2.05, 4.69) is 16.0 Å². The van der Waals surface area contributed by atoms with Gasteiger partial charge >= 0.3 is 18.2 Å². The molecule has 1 unspecified atom stereocenters. The van der Waals surface area contributed by atoms with Crippen molar-refractivity contribution in [1.82, 2.24) is 30.3 Å². The number of carbonyl (C=O) groups is 6. The molecular weight excluding hydrogens is 781 g/mol. The molecule has 0 radical (unpaired) electrons. The molecule has 0 saturated carbocycles. The van der Waals surface area contributed by atoms with Crippen LogP contribution in [0, 0.1) is 11.3 Å². The average molecular weight is 855 g/mol. The molecule has 4 N–H and O–H groups in total. The van der Waals surface area contributed by atoms with E-state index >= 15 is 0 Å². The molecule has 0 aliphatic heterocycles. The van der Waals surface area contributed by atoms with Crippen molar-refractivity contribution in [3.63, 3.8) is 0 Å². The number of fused-ring (bicyclic) bond motifs is 1. The fourth-order valence-electron chi connectivity index (χ4n) is 7.26. The van der Waals surface area contributed by atoms with Gasteiger partial charge in [0.1, 0.15) is 29.3 Å². The molecule has 4 atom stereocenters. The molecule has 0 aliphatic carbocycles. The van der Waals surface area contributed by atoms with E-state index in [1.54, 1.807) is 66.5 Å². The first kappa shape index (κ1) is 52.1. The van der Waals surface area contributed by atoms with Crippen molar-refractivity contribution in [3.05, 3.63) is 47.7 Å². The summed E-state index contributed by atoms with van der Waals surface area (Å²) in [6, 6.07) is 4.02. The van der Waals surface area contributed by atoms with Gasteiger partial charge < -0.3 is 40.0 Å². The number of aromatic nitrogens is 1. The van der Waals surface area contributed by atoms with Crippen molar-refractivity contribution in [2.24, 2.45) is 18.4 Å². The van der Waals surface area contributed by atoms with E-state index in [0.29, 0.717) is 18.4 Å². The van der Waals surface area contributed by atoms with Gasteiger partial charge in [-0.1, -0.05) is 72.7 Å². The lowest BCUT2D eigenvalue weighted by atomic mass is 9.76. The summed E-state index contributed by atoms with van der Waals surface area (Å²) in [7, 11) is 5.11. The third-order valence-corrected chi connectivity index (χ3v) is 10.4. The van der Waals surface area contributed by atoms with Crippen LogP contribution < -0.4 is 16.0 Å². The third kappa shape index (κ3) is 14.8. The number of likely N-dealkylation sites (N-methyl/N-ethyl adjacent to an activating group) is 2. The molecule has 1 aromatic heterocycles. The van der Waals surface area contributed by atoms with E-state index in [1.165, 1.54) is 11.9 Å². The van der Waals surface area contributed by atoms with Crippen molar-refractivity contribution < 1.29 is 43.3 Å². The van der Waals surface area contributed by atoms with Crippen LogP contribution in [-0.2, 0) is 41.1 Å². The van der Waals surface area contributed by atoms with E-state index in [-0.39, 0.29) is 30.7 Å². The van der Waals surface area contributed by atoms with Crippen LogP contribution in [-0.4, -0.2) is 111 Å². The monoisotopic (exact) mass is 855 g/mol. The van der Waals surface area contributed by atoms with Gasteiger partial charge in [0.05, 0.1) is 6.04 Å². The van der Waals surface area contributed by atoms with Crippen molar-refractivity contribution >= 4 is 46.8 Å². The lowest BCUT2D eigenvalue weighted by molar-refractivity contribution is -0.142. The Hall–Kier alpha value is -5.08. The number of nitrogens with zero attached hydrogens (tertiary/aromatic N) is 3. The first-order valence-corrected chi connectivity index (χ1v) is 21.1. The average Bonchev–Trinajstić information content (AvgIpc) is 3.46. The first-order chi connectivity index (χ1) is 27.8. The highest BCUT2D eigenvalue weighted by atomic mass is 16.6. The largest absolute Gasteiger partial charge is 0.480 e. The molecule has 0 saturated heterocycles. The minimum absolute atomic E-state index is 0.130. The summed E-state index contributed by atoms with van der Waals surface area (Å²) in [5.41, 5.74) is -1.17. The molecule has 0 spiro atoms. The number of hydrogen-bond acceptors (Lipinski definition) is 8. The summed E-state index contributed by atoms with van der Waals surface area (Å²) in [6.45, 7) is 25.5. The summed E-state index contributed by atoms with van der Waals surface area (Å²) in [4.78, 5) is 83.0. The standard InChI is InChI=1S/C46H74N6O9/c1-28(2)34(26-29(3)37(53)47-25-21-20-23-32(40(56)57)48-41(58)60-44(7,8)9)51(16)39(55)35(43(4,5)6)49-38(54)36(52(17)42(59)61-45(10,11)12)46(13,14)31-27-50(15)33-24-19-18-22-30(31)33/h18-19,22,24,26-28,32,34-36H,20-21,23,25H2,1-17H3,(H,47,53)(H,48,58)(H,49,54)(H,56,57)/b29-26+/t32?,34-,35-,36-/m1/s1. The van der Waals surface area contributed by atoms with Crippen LogP contribution in [0.5, 0.6) is 0 Å². The molecule has 15 nitrogen and oxygen atoms in total. The number of hydrogen-bond donors (Lipinski definition) is 4. The maximum atomic E-state index is 14.8. The lowest BCUT2D eigenvalue weighted by Crippen LogP contribution is -2.63. The predicted octanol–water partition coefficient (Wildman–Crippen LogP) is 6.92. The second-order valence-electron chi connectivity index (χ2n) is 20.0. The summed E-state index contributed by atoms with van der Waals surface area (Å²) >= 11 is 0. The smallest absolute Gasteiger partial charge is 0.410 e. The van der Waals surface area contributed by atoms with Gasteiger partial charge in [-0.2, -0.15) is 0 Å². The number of carboxylic acids is 1. The second-order valence-corrected chi connectivity index (χ2v) is 20.0. The summed E-state index contributed by atoms with van der Waals surface area (Å²) < 4.78 is 12.9. The molecule has 15 heteroatoms. The van der Waals surface area contributed by atoms with Gasteiger partial charge in [-0.05, 0) is 90.7 Å². The number of para-hydroxylation sites is 1. The van der Waals surface area contributed by atoms with Gasteiger partial charge in [-0.15, -0.1) is 0 Å². The Morgan fingerprint density at radius 3 is 1.93 bits per heavy atom. The number of ether oxygens (including phenoxy) is 2. The highest BCUT2D eigenvalue weighted by Gasteiger charge is 2.47. The Kier molecular flexibility index (Phi) is 17.6. The fraction of sp³-hybridized carbons (Fsp3) is 0.652. The van der Waals surface area contributed by atoms with Crippen LogP contribution in [0.25, 0.3) is 10.9 Å². The molecule has 2 aromatic rings. The zero-order valence-electron chi connectivity index (χ0n) is 39.7. The minimum atomic E-state index is -1.18. The Bertz CT molecular complexity index is 1910. The maximum absolute atomic E-state index is 14.8. The molecular formula is C46H74N6O9. The first-order valence-electron chi connectivity index (χ1n) is 21.1. The number of aliphatic carboxylic acids is 1. The van der Waals surface area contributed by atoms with Crippen molar-refractivity contribution in [3.8, 4) is 0 Å². The number of rotatable bonds is 17. The molecule has 0 fully saturated rings. The van der Waals surface area contributed by atoms with Gasteiger partial charge in [0.2, 0.25) is 17.7 Å². The Morgan fingerprint density at radius 2 is 1.41 bits per heavy atom. The molecule has 342 valence electrons. The molecule has 1 aromatic carbocycles. The van der Waals surface area contributed by atoms with Crippen LogP contribution in [0.1, 0.15) is 122 Å². The van der Waals surface area contributed by atoms with Gasteiger partial charge in [0.25, 0.3) is 0 Å². The van der Waals surface area contributed by atoms with Crippen molar-refractivity contribution in [1.29, 1.82) is 0 Å². The zero-order valence-corrected chi connectivity index (χ0v) is 39.7. The normalized spacial score (nSPS) is 14.7. The van der Waals surface area contributed by atoms with E-state index < -0.39 is 70.3 Å². The quantitative estimate of drug-likeness (QED) is 0.0968. The fourth-order valence-corrected chi connectivity index (χ4v) is 7.26. The van der Waals surface area contributed by atoms with Gasteiger partial charge in [-0.25, -0.2) is 14.4 Å². The maximum Gasteiger partial charge on any atom is 0.410 e. The zero-order chi connectivity index (χ0) is 47.0. The molecule has 0 aliphatic rings. The van der Waals surface area contributed by atoms with E-state index in [9.17, 15) is 33.9 Å². The number of benzene rings is 1. The summed E-state index contributed by atoms with van der Waals surface area (Å²) in [5.74, 6) is -2.57. The number of aryl methyl sites for hydroxylation is 1. The van der Waals surface area contributed by atoms with Crippen LogP contribution in [0.4, 0.5) is 9.59 Å². The number of unbranched alkanes of at least 4 members (excludes halogenated alkanes) is 1. The third-order valence-electron chi connectivity index (χ3n) is 10.4. The Morgan fingerprint density at radius 1 is 0.836 bits per heavy atom. The number of carboxylic acid groups (broad SMARTS) is 1. The lowest BCUT2D eigenvalue weighted by Gasteiger charge is -2.42. The van der Waals surface area contributed by atoms with Crippen LogP contribution in [0.3, 0.4) is 0 Å². The van der Waals surface area contributed by atoms with Crippen LogP contribution in [0.2, 0.25) is 0 Å². The van der Waals surface area contributed by atoms with Crippen LogP contribution in [0.15, 0.2) is 42.1 Å². The highest BCUT2D eigenvalue weighted by Crippen LogP contribution is 2.37. The van der Waals surface area contributed by atoms with Gasteiger partial charge in [-0.3, -0.25) is 19.3 Å². The number of alkyl carbamates (subject to hydrolysis) is 1. The van der Waals surface area contributed by atoms with Crippen molar-refractivity contribution in [2.45, 2.75) is 157 Å². The number of amides is 5. The van der Waals surface area contributed by atoms with E-state index in [1.807, 2.05) is 90.5 Å².